The summed E-state index contributed by atoms with van der Waals surface area (Å²) in [5.74, 6) is 0.291. The van der Waals surface area contributed by atoms with E-state index in [0.717, 1.165) is 0 Å². The van der Waals surface area contributed by atoms with Gasteiger partial charge in [-0.2, -0.15) is 0 Å². The minimum atomic E-state index is -0.179. The monoisotopic (exact) mass is 318 g/mol. The lowest BCUT2D eigenvalue weighted by Gasteiger charge is -2.09. The van der Waals surface area contributed by atoms with Crippen molar-refractivity contribution in [1.29, 1.82) is 0 Å². The number of ether oxygens (including phenoxy) is 1. The molecule has 0 aliphatic rings. The van der Waals surface area contributed by atoms with Crippen LogP contribution < -0.4 is 15.4 Å². The molecule has 1 aromatic carbocycles. The van der Waals surface area contributed by atoms with Crippen LogP contribution in [-0.4, -0.2) is 32.0 Å². The molecule has 0 aliphatic carbocycles. The average Bonchev–Trinajstić information content (AvgIpc) is 3.08. The van der Waals surface area contributed by atoms with Crippen molar-refractivity contribution in [3.05, 3.63) is 52.2 Å². The molecule has 1 aromatic heterocycles. The first-order chi connectivity index (χ1) is 10.7. The fraction of sp³-hybridized carbons (Fsp3) is 0.250. The van der Waals surface area contributed by atoms with Gasteiger partial charge in [0.25, 0.3) is 11.8 Å². The van der Waals surface area contributed by atoms with Crippen molar-refractivity contribution in [2.75, 3.05) is 20.2 Å². The lowest BCUT2D eigenvalue weighted by molar-refractivity contribution is 0.0950. The van der Waals surface area contributed by atoms with Crippen molar-refractivity contribution in [3.8, 4) is 5.75 Å². The van der Waals surface area contributed by atoms with E-state index in [1.54, 1.807) is 24.3 Å². The molecule has 116 valence electrons. The van der Waals surface area contributed by atoms with Crippen molar-refractivity contribution in [2.45, 2.75) is 6.42 Å². The van der Waals surface area contributed by atoms with E-state index >= 15 is 0 Å². The third-order valence-electron chi connectivity index (χ3n) is 3.02. The van der Waals surface area contributed by atoms with Gasteiger partial charge in [0.05, 0.1) is 17.6 Å². The van der Waals surface area contributed by atoms with Crippen molar-refractivity contribution in [3.63, 3.8) is 0 Å². The second-order valence-electron chi connectivity index (χ2n) is 4.54. The van der Waals surface area contributed by atoms with Gasteiger partial charge in [0.1, 0.15) is 5.75 Å². The number of benzene rings is 1. The van der Waals surface area contributed by atoms with E-state index in [-0.39, 0.29) is 11.8 Å². The van der Waals surface area contributed by atoms with E-state index in [2.05, 4.69) is 10.6 Å². The summed E-state index contributed by atoms with van der Waals surface area (Å²) in [6.07, 6.45) is 0.665. The molecule has 0 saturated carbocycles. The maximum absolute atomic E-state index is 12.0. The Balaban J connectivity index is 1.70. The van der Waals surface area contributed by atoms with Crippen LogP contribution in [0.4, 0.5) is 0 Å². The Morgan fingerprint density at radius 3 is 2.45 bits per heavy atom. The molecule has 22 heavy (non-hydrogen) atoms. The predicted octanol–water partition coefficient (Wildman–Crippen LogP) is 2.31. The fourth-order valence-electron chi connectivity index (χ4n) is 1.91. The van der Waals surface area contributed by atoms with Crippen LogP contribution in [0.25, 0.3) is 0 Å². The standard InChI is InChI=1S/C16H18N2O3S/c1-21-13-7-3-2-6-12(13)15(19)17-9-5-10-18-16(20)14-8-4-11-22-14/h2-4,6-8,11H,5,9-10H2,1H3,(H,17,19)(H,18,20). The summed E-state index contributed by atoms with van der Waals surface area (Å²) in [4.78, 5) is 24.4. The van der Waals surface area contributed by atoms with Crippen LogP contribution in [0, 0.1) is 0 Å². The Labute approximate surface area is 133 Å². The summed E-state index contributed by atoms with van der Waals surface area (Å²) in [5, 5.41) is 7.49. The minimum absolute atomic E-state index is 0.0777. The first-order valence-corrected chi connectivity index (χ1v) is 7.83. The maximum Gasteiger partial charge on any atom is 0.261 e. The Morgan fingerprint density at radius 1 is 1.05 bits per heavy atom. The summed E-state index contributed by atoms with van der Waals surface area (Å²) in [6, 6.07) is 10.7. The zero-order chi connectivity index (χ0) is 15.8. The quantitative estimate of drug-likeness (QED) is 0.770. The Morgan fingerprint density at radius 2 is 1.77 bits per heavy atom. The SMILES string of the molecule is COc1ccccc1C(=O)NCCCNC(=O)c1cccs1. The van der Waals surface area contributed by atoms with Gasteiger partial charge < -0.3 is 15.4 Å². The topological polar surface area (TPSA) is 67.4 Å². The molecule has 5 nitrogen and oxygen atoms in total. The van der Waals surface area contributed by atoms with Gasteiger partial charge in [-0.05, 0) is 30.0 Å². The second kappa shape index (κ2) is 8.19. The molecular weight excluding hydrogens is 300 g/mol. The van der Waals surface area contributed by atoms with Crippen LogP contribution in [-0.2, 0) is 0 Å². The highest BCUT2D eigenvalue weighted by Crippen LogP contribution is 2.16. The summed E-state index contributed by atoms with van der Waals surface area (Å²) in [6.45, 7) is 1.00. The lowest BCUT2D eigenvalue weighted by atomic mass is 10.2. The molecule has 2 N–H and O–H groups in total. The van der Waals surface area contributed by atoms with Gasteiger partial charge in [0, 0.05) is 13.1 Å². The highest BCUT2D eigenvalue weighted by molar-refractivity contribution is 7.12. The maximum atomic E-state index is 12.0. The van der Waals surface area contributed by atoms with Crippen LogP contribution in [0.1, 0.15) is 26.5 Å². The predicted molar refractivity (Wildman–Crippen MR) is 86.6 cm³/mol. The molecule has 6 heteroatoms. The molecule has 0 bridgehead atoms. The molecule has 0 atom stereocenters. The van der Waals surface area contributed by atoms with Gasteiger partial charge in [0.15, 0.2) is 0 Å². The van der Waals surface area contributed by atoms with Gasteiger partial charge in [-0.15, -0.1) is 11.3 Å². The number of methoxy groups -OCH3 is 1. The first kappa shape index (κ1) is 16.0. The molecule has 0 saturated heterocycles. The normalized spacial score (nSPS) is 10.0. The minimum Gasteiger partial charge on any atom is -0.496 e. The lowest BCUT2D eigenvalue weighted by Crippen LogP contribution is -2.29. The van der Waals surface area contributed by atoms with Gasteiger partial charge in [-0.3, -0.25) is 9.59 Å². The Kier molecular flexibility index (Phi) is 5.97. The van der Waals surface area contributed by atoms with E-state index < -0.39 is 0 Å². The summed E-state index contributed by atoms with van der Waals surface area (Å²) >= 11 is 1.41. The third-order valence-corrected chi connectivity index (χ3v) is 3.89. The molecule has 2 amide bonds. The highest BCUT2D eigenvalue weighted by Gasteiger charge is 2.10. The van der Waals surface area contributed by atoms with Crippen LogP contribution in [0.2, 0.25) is 0 Å². The van der Waals surface area contributed by atoms with Crippen molar-refractivity contribution in [2.24, 2.45) is 0 Å². The summed E-state index contributed by atoms with van der Waals surface area (Å²) in [5.41, 5.74) is 0.507. The van der Waals surface area contributed by atoms with Crippen molar-refractivity contribution < 1.29 is 14.3 Å². The van der Waals surface area contributed by atoms with Gasteiger partial charge in [0.2, 0.25) is 0 Å². The summed E-state index contributed by atoms with van der Waals surface area (Å²) < 4.78 is 5.15. The van der Waals surface area contributed by atoms with Crippen LogP contribution in [0.3, 0.4) is 0 Å². The van der Waals surface area contributed by atoms with Crippen molar-refractivity contribution >= 4 is 23.2 Å². The van der Waals surface area contributed by atoms with Gasteiger partial charge in [-0.25, -0.2) is 0 Å². The number of hydrogen-bond donors (Lipinski definition) is 2. The highest BCUT2D eigenvalue weighted by atomic mass is 32.1. The molecule has 0 unspecified atom stereocenters. The first-order valence-electron chi connectivity index (χ1n) is 6.95. The number of rotatable bonds is 7. The number of carbonyl (C=O) groups is 2. The molecule has 0 radical (unpaired) electrons. The average molecular weight is 318 g/mol. The van der Waals surface area contributed by atoms with E-state index in [4.69, 9.17) is 4.74 Å². The molecule has 1 heterocycles. The van der Waals surface area contributed by atoms with Gasteiger partial charge >= 0.3 is 0 Å². The number of nitrogens with one attached hydrogen (secondary N) is 2. The molecule has 0 aliphatic heterocycles. The largest absolute Gasteiger partial charge is 0.496 e. The van der Waals surface area contributed by atoms with E-state index in [9.17, 15) is 9.59 Å². The molecular formula is C16H18N2O3S. The van der Waals surface area contributed by atoms with Crippen LogP contribution in [0.15, 0.2) is 41.8 Å². The number of amides is 2. The molecule has 0 fully saturated rings. The van der Waals surface area contributed by atoms with Gasteiger partial charge in [-0.1, -0.05) is 18.2 Å². The number of para-hydroxylation sites is 1. The van der Waals surface area contributed by atoms with E-state index in [0.29, 0.717) is 35.7 Å². The Bertz CT molecular complexity index is 626. The fourth-order valence-corrected chi connectivity index (χ4v) is 2.55. The van der Waals surface area contributed by atoms with E-state index in [1.165, 1.54) is 18.4 Å². The molecule has 2 rings (SSSR count). The smallest absolute Gasteiger partial charge is 0.261 e. The van der Waals surface area contributed by atoms with Crippen LogP contribution in [0.5, 0.6) is 5.75 Å². The molecule has 0 spiro atoms. The number of carbonyl (C=O) groups excluding carboxylic acids is 2. The Hall–Kier alpha value is -2.34. The zero-order valence-electron chi connectivity index (χ0n) is 12.3. The second-order valence-corrected chi connectivity index (χ2v) is 5.49. The number of hydrogen-bond acceptors (Lipinski definition) is 4. The molecule has 2 aromatic rings. The number of thiophene rings is 1. The van der Waals surface area contributed by atoms with Crippen LogP contribution >= 0.6 is 11.3 Å². The van der Waals surface area contributed by atoms with E-state index in [1.807, 2.05) is 17.5 Å². The third kappa shape index (κ3) is 4.33. The zero-order valence-corrected chi connectivity index (χ0v) is 13.1. The van der Waals surface area contributed by atoms with Crippen molar-refractivity contribution in [1.82, 2.24) is 10.6 Å². The summed E-state index contributed by atoms with van der Waals surface area (Å²) in [7, 11) is 1.53.